The Hall–Kier alpha value is -0.260. The summed E-state index contributed by atoms with van der Waals surface area (Å²) in [4.78, 5) is 0. The fourth-order valence-corrected chi connectivity index (χ4v) is 0.118. The Kier molecular flexibility index (Phi) is 2.73. The topological polar surface area (TPSA) is 49.8 Å². The molecular formula is C4H7ClN2. The molecule has 2 nitrogen and oxygen atoms in total. The molecule has 0 heterocycles. The number of hydrogen-bond acceptors (Lipinski definition) is 2. The van der Waals surface area contributed by atoms with Gasteiger partial charge >= 0.3 is 0 Å². The lowest BCUT2D eigenvalue weighted by Gasteiger charge is -2.00. The molecule has 2 N–H and O–H groups in total. The van der Waals surface area contributed by atoms with E-state index in [4.69, 9.17) is 22.6 Å². The first kappa shape index (κ1) is 6.74. The first-order chi connectivity index (χ1) is 3.18. The van der Waals surface area contributed by atoms with E-state index in [1.54, 1.807) is 13.0 Å². The maximum atomic E-state index is 8.04. The number of nitrogens with two attached hydrogens (primary N) is 1. The molecule has 3 heteroatoms. The normalized spacial score (nSPS) is 17.4. The molecule has 0 aromatic rings. The van der Waals surface area contributed by atoms with Crippen molar-refractivity contribution in [1.82, 2.24) is 0 Å². The third kappa shape index (κ3) is 2.44. The van der Waals surface area contributed by atoms with Gasteiger partial charge in [0, 0.05) is 6.04 Å². The van der Waals surface area contributed by atoms with Gasteiger partial charge in [0.15, 0.2) is 0 Å². The van der Waals surface area contributed by atoms with Gasteiger partial charge in [0.25, 0.3) is 0 Å². The van der Waals surface area contributed by atoms with Crippen LogP contribution in [0.2, 0.25) is 0 Å². The van der Waals surface area contributed by atoms with Crippen molar-refractivity contribution in [1.29, 1.82) is 5.26 Å². The van der Waals surface area contributed by atoms with Crippen molar-refractivity contribution in [2.24, 2.45) is 5.73 Å². The molecule has 7 heavy (non-hydrogen) atoms. The third-order valence-corrected chi connectivity index (χ3v) is 1.08. The zero-order valence-corrected chi connectivity index (χ0v) is 4.81. The molecule has 0 rings (SSSR count). The van der Waals surface area contributed by atoms with Gasteiger partial charge in [-0.15, -0.1) is 11.6 Å². The van der Waals surface area contributed by atoms with Crippen LogP contribution in [-0.4, -0.2) is 11.4 Å². The number of nitrogens with zero attached hydrogens (tertiary/aromatic N) is 1. The highest BCUT2D eigenvalue weighted by atomic mass is 35.5. The van der Waals surface area contributed by atoms with Crippen LogP contribution in [0.5, 0.6) is 0 Å². The van der Waals surface area contributed by atoms with E-state index in [1.807, 2.05) is 0 Å². The maximum Gasteiger partial charge on any atom is 0.135 e. The van der Waals surface area contributed by atoms with E-state index in [9.17, 15) is 0 Å². The van der Waals surface area contributed by atoms with Gasteiger partial charge in [-0.1, -0.05) is 0 Å². The summed E-state index contributed by atoms with van der Waals surface area (Å²) in [5.74, 6) is 0. The van der Waals surface area contributed by atoms with E-state index in [1.165, 1.54) is 0 Å². The molecule has 0 aliphatic rings. The standard InChI is InChI=1S/C4H7ClN2/c1-3(7)4(5)2-6/h3-4H,7H2,1H3/t3-,4+/m0/s1. The van der Waals surface area contributed by atoms with Gasteiger partial charge in [-0.3, -0.25) is 0 Å². The third-order valence-electron chi connectivity index (χ3n) is 0.585. The summed E-state index contributed by atoms with van der Waals surface area (Å²) in [6.07, 6.45) is 0. The van der Waals surface area contributed by atoms with Crippen LogP contribution in [0, 0.1) is 11.3 Å². The predicted octanol–water partition coefficient (Wildman–Crippen LogP) is 0.465. The Balaban J connectivity index is 3.40. The van der Waals surface area contributed by atoms with E-state index in [-0.39, 0.29) is 6.04 Å². The van der Waals surface area contributed by atoms with Gasteiger partial charge in [-0.2, -0.15) is 5.26 Å². The molecule has 0 bridgehead atoms. The summed E-state index contributed by atoms with van der Waals surface area (Å²) in [5, 5.41) is 7.50. The SMILES string of the molecule is C[C@H](N)[C@H](Cl)C#N. The lowest BCUT2D eigenvalue weighted by Crippen LogP contribution is -2.25. The number of rotatable bonds is 1. The lowest BCUT2D eigenvalue weighted by molar-refractivity contribution is 0.772. The Morgan fingerprint density at radius 3 is 2.29 bits per heavy atom. The monoisotopic (exact) mass is 118 g/mol. The lowest BCUT2D eigenvalue weighted by atomic mass is 10.3. The molecule has 0 unspecified atom stereocenters. The summed E-state index contributed by atoms with van der Waals surface area (Å²) >= 11 is 5.31. The molecule has 0 spiro atoms. The van der Waals surface area contributed by atoms with Crippen LogP contribution in [0.25, 0.3) is 0 Å². The molecule has 0 aliphatic carbocycles. The van der Waals surface area contributed by atoms with Crippen molar-refractivity contribution in [2.75, 3.05) is 0 Å². The Morgan fingerprint density at radius 1 is 1.86 bits per heavy atom. The Labute approximate surface area is 47.9 Å². The fraction of sp³-hybridized carbons (Fsp3) is 0.750. The highest BCUT2D eigenvalue weighted by molar-refractivity contribution is 6.22. The van der Waals surface area contributed by atoms with Crippen LogP contribution < -0.4 is 5.73 Å². The fourth-order valence-electron chi connectivity index (χ4n) is 0.118. The smallest absolute Gasteiger partial charge is 0.135 e. The summed E-state index contributed by atoms with van der Waals surface area (Å²) in [6, 6.07) is 1.57. The number of hydrogen-bond donors (Lipinski definition) is 1. The Bertz CT molecular complexity index is 84.2. The minimum atomic E-state index is -0.542. The van der Waals surface area contributed by atoms with Crippen molar-refractivity contribution < 1.29 is 0 Å². The predicted molar refractivity (Wildman–Crippen MR) is 28.9 cm³/mol. The molecule has 0 radical (unpaired) electrons. The second-order valence-electron chi connectivity index (χ2n) is 1.39. The van der Waals surface area contributed by atoms with Crippen molar-refractivity contribution in [3.8, 4) is 6.07 Å². The molecule has 40 valence electrons. The van der Waals surface area contributed by atoms with Gasteiger partial charge in [0.05, 0.1) is 6.07 Å². The van der Waals surface area contributed by atoms with Crippen LogP contribution >= 0.6 is 11.6 Å². The number of alkyl halides is 1. The Morgan fingerprint density at radius 2 is 2.29 bits per heavy atom. The van der Waals surface area contributed by atoms with E-state index < -0.39 is 5.38 Å². The summed E-state index contributed by atoms with van der Waals surface area (Å²) in [7, 11) is 0. The largest absolute Gasteiger partial charge is 0.326 e. The average Bonchev–Trinajstić information content (AvgIpc) is 1.65. The minimum absolute atomic E-state index is 0.230. The minimum Gasteiger partial charge on any atom is -0.326 e. The van der Waals surface area contributed by atoms with Crippen LogP contribution in [0.4, 0.5) is 0 Å². The highest BCUT2D eigenvalue weighted by Crippen LogP contribution is 1.95. The van der Waals surface area contributed by atoms with E-state index >= 15 is 0 Å². The molecular weight excluding hydrogens is 112 g/mol. The first-order valence-electron chi connectivity index (χ1n) is 1.97. The van der Waals surface area contributed by atoms with Crippen LogP contribution in [0.1, 0.15) is 6.92 Å². The van der Waals surface area contributed by atoms with E-state index in [2.05, 4.69) is 0 Å². The van der Waals surface area contributed by atoms with Crippen molar-refractivity contribution in [3.05, 3.63) is 0 Å². The van der Waals surface area contributed by atoms with Crippen molar-refractivity contribution in [2.45, 2.75) is 18.3 Å². The van der Waals surface area contributed by atoms with E-state index in [0.29, 0.717) is 0 Å². The molecule has 0 saturated heterocycles. The zero-order chi connectivity index (χ0) is 5.86. The second-order valence-corrected chi connectivity index (χ2v) is 1.86. The van der Waals surface area contributed by atoms with Crippen molar-refractivity contribution >= 4 is 11.6 Å². The van der Waals surface area contributed by atoms with Crippen LogP contribution in [0.3, 0.4) is 0 Å². The first-order valence-corrected chi connectivity index (χ1v) is 2.41. The zero-order valence-electron chi connectivity index (χ0n) is 4.06. The highest BCUT2D eigenvalue weighted by Gasteiger charge is 2.05. The molecule has 0 aromatic heterocycles. The maximum absolute atomic E-state index is 8.04. The number of nitriles is 1. The molecule has 0 saturated carbocycles. The van der Waals surface area contributed by atoms with Gasteiger partial charge in [-0.25, -0.2) is 0 Å². The summed E-state index contributed by atoms with van der Waals surface area (Å²) < 4.78 is 0. The average molecular weight is 119 g/mol. The quantitative estimate of drug-likeness (QED) is 0.509. The van der Waals surface area contributed by atoms with E-state index in [0.717, 1.165) is 0 Å². The van der Waals surface area contributed by atoms with Gasteiger partial charge in [0.1, 0.15) is 5.38 Å². The molecule has 2 atom stereocenters. The van der Waals surface area contributed by atoms with Gasteiger partial charge < -0.3 is 5.73 Å². The van der Waals surface area contributed by atoms with Crippen molar-refractivity contribution in [3.63, 3.8) is 0 Å². The molecule has 0 fully saturated rings. The number of halogens is 1. The summed E-state index contributed by atoms with van der Waals surface area (Å²) in [6.45, 7) is 1.70. The molecule has 0 amide bonds. The summed E-state index contributed by atoms with van der Waals surface area (Å²) in [5.41, 5.74) is 5.19. The van der Waals surface area contributed by atoms with Crippen LogP contribution in [0.15, 0.2) is 0 Å². The van der Waals surface area contributed by atoms with Crippen LogP contribution in [-0.2, 0) is 0 Å². The molecule has 0 aromatic carbocycles. The second kappa shape index (κ2) is 2.84. The van der Waals surface area contributed by atoms with Gasteiger partial charge in [0.2, 0.25) is 0 Å². The van der Waals surface area contributed by atoms with Gasteiger partial charge in [-0.05, 0) is 6.92 Å². The molecule has 0 aliphatic heterocycles.